The maximum atomic E-state index is 13.4. The van der Waals surface area contributed by atoms with E-state index in [1.807, 2.05) is 41.4 Å². The Labute approximate surface area is 219 Å². The van der Waals surface area contributed by atoms with Gasteiger partial charge in [0.05, 0.1) is 16.8 Å². The lowest BCUT2D eigenvalue weighted by atomic mass is 10.0. The molecule has 0 spiro atoms. The quantitative estimate of drug-likeness (QED) is 0.182. The highest BCUT2D eigenvalue weighted by molar-refractivity contribution is 6.24. The molecule has 2 aliphatic rings. The third-order valence-electron chi connectivity index (χ3n) is 7.55. The van der Waals surface area contributed by atoms with Crippen LogP contribution in [0, 0.1) is 0 Å². The van der Waals surface area contributed by atoms with Crippen molar-refractivity contribution in [2.24, 2.45) is 0 Å². The highest BCUT2D eigenvalue weighted by Crippen LogP contribution is 2.40. The molecule has 4 nitrogen and oxygen atoms in total. The van der Waals surface area contributed by atoms with E-state index in [1.165, 1.54) is 77.0 Å². The fourth-order valence-corrected chi connectivity index (χ4v) is 5.41. The van der Waals surface area contributed by atoms with Crippen LogP contribution < -0.4 is 0 Å². The van der Waals surface area contributed by atoms with Crippen LogP contribution in [0.1, 0.15) is 122 Å². The number of hydrogen-bond donors (Lipinski definition) is 0. The van der Waals surface area contributed by atoms with Gasteiger partial charge in [0.25, 0.3) is 11.8 Å². The summed E-state index contributed by atoms with van der Waals surface area (Å²) in [6.07, 6.45) is 21.6. The van der Waals surface area contributed by atoms with Crippen molar-refractivity contribution in [2.45, 2.75) is 117 Å². The molecule has 0 bridgehead atoms. The molecule has 1 aromatic rings. The molecular formula is C32H48N2O2. The van der Waals surface area contributed by atoms with E-state index in [0.29, 0.717) is 24.2 Å². The molecule has 0 fully saturated rings. The van der Waals surface area contributed by atoms with E-state index in [4.69, 9.17) is 0 Å². The average molecular weight is 493 g/mol. The van der Waals surface area contributed by atoms with Crippen LogP contribution in [-0.4, -0.2) is 34.7 Å². The smallest absolute Gasteiger partial charge is 0.260 e. The lowest BCUT2D eigenvalue weighted by Gasteiger charge is -2.22. The number of unbranched alkanes of at least 4 members (excludes halogenated alkanes) is 14. The van der Waals surface area contributed by atoms with E-state index in [2.05, 4.69) is 13.8 Å². The molecule has 3 rings (SSSR count). The molecule has 0 N–H and O–H groups in total. The van der Waals surface area contributed by atoms with Crippen molar-refractivity contribution in [3.8, 4) is 0 Å². The van der Waals surface area contributed by atoms with Crippen LogP contribution in [0.2, 0.25) is 0 Å². The van der Waals surface area contributed by atoms with Crippen molar-refractivity contribution >= 4 is 17.5 Å². The fraction of sp³-hybridized carbons (Fsp3) is 0.625. The lowest BCUT2D eigenvalue weighted by Crippen LogP contribution is -2.29. The molecular weight excluding hydrogens is 444 g/mol. The van der Waals surface area contributed by atoms with Crippen LogP contribution in [0.25, 0.3) is 5.70 Å². The SMILES string of the molecule is CCCCCCCCCCN1C=C2C(=O)N(CCCCCCCCCC)C(c3ccccc3)=C2C1=O. The number of nitrogens with zero attached hydrogens (tertiary/aromatic N) is 2. The van der Waals surface area contributed by atoms with Crippen LogP contribution in [0.4, 0.5) is 0 Å². The summed E-state index contributed by atoms with van der Waals surface area (Å²) in [5, 5.41) is 0. The molecule has 4 heteroatoms. The largest absolute Gasteiger partial charge is 0.314 e. The number of hydrogen-bond acceptors (Lipinski definition) is 2. The Balaban J connectivity index is 1.56. The van der Waals surface area contributed by atoms with E-state index in [-0.39, 0.29) is 11.8 Å². The van der Waals surface area contributed by atoms with E-state index in [0.717, 1.165) is 36.9 Å². The second-order valence-corrected chi connectivity index (χ2v) is 10.5. The topological polar surface area (TPSA) is 40.6 Å². The van der Waals surface area contributed by atoms with Crippen LogP contribution in [0.5, 0.6) is 0 Å². The fourth-order valence-electron chi connectivity index (χ4n) is 5.41. The maximum Gasteiger partial charge on any atom is 0.260 e. The van der Waals surface area contributed by atoms with Crippen molar-refractivity contribution in [1.29, 1.82) is 0 Å². The third-order valence-corrected chi connectivity index (χ3v) is 7.55. The number of carbonyl (C=O) groups excluding carboxylic acids is 2. The molecule has 0 aliphatic carbocycles. The molecule has 2 heterocycles. The van der Waals surface area contributed by atoms with Crippen LogP contribution in [0.15, 0.2) is 47.7 Å². The van der Waals surface area contributed by atoms with Gasteiger partial charge in [0.15, 0.2) is 0 Å². The number of benzene rings is 1. The van der Waals surface area contributed by atoms with Gasteiger partial charge in [-0.15, -0.1) is 0 Å². The van der Waals surface area contributed by atoms with Crippen molar-refractivity contribution in [2.75, 3.05) is 13.1 Å². The highest BCUT2D eigenvalue weighted by atomic mass is 16.2. The minimum Gasteiger partial charge on any atom is -0.314 e. The Bertz CT molecular complexity index is 887. The molecule has 0 unspecified atom stereocenters. The monoisotopic (exact) mass is 492 g/mol. The van der Waals surface area contributed by atoms with Gasteiger partial charge in [-0.1, -0.05) is 134 Å². The normalized spacial score (nSPS) is 15.3. The first kappa shape index (κ1) is 28.2. The Morgan fingerprint density at radius 2 is 1.08 bits per heavy atom. The zero-order valence-electron chi connectivity index (χ0n) is 22.9. The molecule has 0 saturated heterocycles. The molecule has 0 aromatic heterocycles. The van der Waals surface area contributed by atoms with Crippen molar-refractivity contribution in [3.63, 3.8) is 0 Å². The van der Waals surface area contributed by atoms with Gasteiger partial charge in [-0.05, 0) is 18.4 Å². The van der Waals surface area contributed by atoms with Gasteiger partial charge >= 0.3 is 0 Å². The van der Waals surface area contributed by atoms with Gasteiger partial charge in [-0.25, -0.2) is 0 Å². The van der Waals surface area contributed by atoms with Gasteiger partial charge in [-0.2, -0.15) is 0 Å². The first-order valence-electron chi connectivity index (χ1n) is 14.8. The van der Waals surface area contributed by atoms with Crippen LogP contribution in [-0.2, 0) is 9.59 Å². The number of rotatable bonds is 19. The molecule has 1 aromatic carbocycles. The zero-order chi connectivity index (χ0) is 25.6. The number of amides is 2. The number of carbonyl (C=O) groups is 2. The van der Waals surface area contributed by atoms with Crippen LogP contribution in [0.3, 0.4) is 0 Å². The van der Waals surface area contributed by atoms with Gasteiger partial charge in [0.2, 0.25) is 0 Å². The minimum atomic E-state index is -0.00132. The molecule has 0 radical (unpaired) electrons. The zero-order valence-corrected chi connectivity index (χ0v) is 22.9. The first-order valence-corrected chi connectivity index (χ1v) is 14.8. The molecule has 2 aliphatic heterocycles. The Kier molecular flexibility index (Phi) is 12.3. The standard InChI is InChI=1S/C32H48N2O2/c1-3-5-7-9-11-13-15-20-24-33-26-28-29(32(33)36)30(27-22-18-17-19-23-27)34(31(28)35)25-21-16-14-12-10-8-6-4-2/h17-19,22-23,26H,3-16,20-21,24-25H2,1-2H3. The van der Waals surface area contributed by atoms with E-state index in [1.54, 1.807) is 4.90 Å². The Morgan fingerprint density at radius 3 is 1.64 bits per heavy atom. The van der Waals surface area contributed by atoms with Crippen molar-refractivity contribution in [3.05, 3.63) is 53.2 Å². The van der Waals surface area contributed by atoms with Gasteiger partial charge in [-0.3, -0.25) is 9.59 Å². The van der Waals surface area contributed by atoms with Crippen molar-refractivity contribution in [1.82, 2.24) is 9.80 Å². The van der Waals surface area contributed by atoms with E-state index < -0.39 is 0 Å². The lowest BCUT2D eigenvalue weighted by molar-refractivity contribution is -0.124. The van der Waals surface area contributed by atoms with Gasteiger partial charge in [0.1, 0.15) is 0 Å². The molecule has 198 valence electrons. The van der Waals surface area contributed by atoms with Gasteiger partial charge < -0.3 is 9.80 Å². The summed E-state index contributed by atoms with van der Waals surface area (Å²) < 4.78 is 0. The first-order chi connectivity index (χ1) is 17.7. The predicted octanol–water partition coefficient (Wildman–Crippen LogP) is 8.25. The van der Waals surface area contributed by atoms with Crippen molar-refractivity contribution < 1.29 is 9.59 Å². The van der Waals surface area contributed by atoms with E-state index >= 15 is 0 Å². The third kappa shape index (κ3) is 7.82. The molecule has 2 amide bonds. The molecule has 0 saturated carbocycles. The average Bonchev–Trinajstić information content (AvgIpc) is 3.36. The minimum absolute atomic E-state index is 0.00132. The summed E-state index contributed by atoms with van der Waals surface area (Å²) in [6, 6.07) is 10.0. The summed E-state index contributed by atoms with van der Waals surface area (Å²) in [4.78, 5) is 30.5. The molecule has 36 heavy (non-hydrogen) atoms. The summed E-state index contributed by atoms with van der Waals surface area (Å²) in [7, 11) is 0. The molecule has 0 atom stereocenters. The highest BCUT2D eigenvalue weighted by Gasteiger charge is 2.44. The predicted molar refractivity (Wildman–Crippen MR) is 150 cm³/mol. The van der Waals surface area contributed by atoms with E-state index in [9.17, 15) is 9.59 Å². The summed E-state index contributed by atoms with van der Waals surface area (Å²) in [6.45, 7) is 5.88. The Morgan fingerprint density at radius 1 is 0.583 bits per heavy atom. The Hall–Kier alpha value is -2.36. The van der Waals surface area contributed by atoms with Gasteiger partial charge in [0, 0.05) is 19.3 Å². The number of fused-ring (bicyclic) bond motifs is 1. The summed E-state index contributed by atoms with van der Waals surface area (Å²) in [5.41, 5.74) is 2.99. The summed E-state index contributed by atoms with van der Waals surface area (Å²) >= 11 is 0. The second kappa shape index (κ2) is 15.7. The maximum absolute atomic E-state index is 13.4. The summed E-state index contributed by atoms with van der Waals surface area (Å²) in [5.74, 6) is -0.00264. The van der Waals surface area contributed by atoms with Crippen LogP contribution >= 0.6 is 0 Å². The second-order valence-electron chi connectivity index (χ2n) is 10.5.